The van der Waals surface area contributed by atoms with Crippen LogP contribution in [-0.4, -0.2) is 67.2 Å². The van der Waals surface area contributed by atoms with Crippen LogP contribution in [-0.2, 0) is 9.53 Å². The summed E-state index contributed by atoms with van der Waals surface area (Å²) in [5.74, 6) is 1.35. The second-order valence-corrected chi connectivity index (χ2v) is 7.63. The third-order valence-corrected chi connectivity index (χ3v) is 5.15. The monoisotopic (exact) mass is 346 g/mol. The number of carbonyl (C=O) groups is 1. The van der Waals surface area contributed by atoms with Crippen LogP contribution >= 0.6 is 0 Å². The molecule has 138 valence electrons. The molecule has 0 aromatic heterocycles. The van der Waals surface area contributed by atoms with Gasteiger partial charge in [0, 0.05) is 45.2 Å². The lowest BCUT2D eigenvalue weighted by Gasteiger charge is -2.40. The maximum Gasteiger partial charge on any atom is 0.225 e. The second-order valence-electron chi connectivity index (χ2n) is 7.63. The van der Waals surface area contributed by atoms with Crippen molar-refractivity contribution in [2.45, 2.75) is 32.3 Å². The van der Waals surface area contributed by atoms with Gasteiger partial charge in [0.1, 0.15) is 12.4 Å². The van der Waals surface area contributed by atoms with Crippen LogP contribution in [0.15, 0.2) is 30.3 Å². The maximum atomic E-state index is 12.8. The summed E-state index contributed by atoms with van der Waals surface area (Å²) in [5.41, 5.74) is -0.171. The van der Waals surface area contributed by atoms with Gasteiger partial charge in [0.05, 0.1) is 5.60 Å². The molecule has 0 N–H and O–H groups in total. The van der Waals surface area contributed by atoms with E-state index in [9.17, 15) is 4.79 Å². The van der Waals surface area contributed by atoms with E-state index in [0.717, 1.165) is 51.3 Å². The second kappa shape index (κ2) is 8.19. The molecule has 1 amide bonds. The molecule has 0 unspecified atom stereocenters. The van der Waals surface area contributed by atoms with Crippen molar-refractivity contribution in [3.05, 3.63) is 30.3 Å². The highest BCUT2D eigenvalue weighted by Gasteiger charge is 2.35. The van der Waals surface area contributed by atoms with E-state index in [1.165, 1.54) is 0 Å². The minimum atomic E-state index is -0.171. The topological polar surface area (TPSA) is 42.0 Å². The lowest BCUT2D eigenvalue weighted by atomic mass is 9.87. The predicted molar refractivity (Wildman–Crippen MR) is 97.7 cm³/mol. The van der Waals surface area contributed by atoms with Crippen molar-refractivity contribution < 1.29 is 14.3 Å². The van der Waals surface area contributed by atoms with Crippen molar-refractivity contribution in [2.75, 3.05) is 45.9 Å². The molecule has 2 aliphatic rings. The maximum absolute atomic E-state index is 12.8. The lowest BCUT2D eigenvalue weighted by molar-refractivity contribution is -0.147. The van der Waals surface area contributed by atoms with Gasteiger partial charge in [0.2, 0.25) is 5.91 Å². The smallest absolute Gasteiger partial charge is 0.225 e. The molecule has 2 heterocycles. The van der Waals surface area contributed by atoms with Crippen LogP contribution < -0.4 is 4.74 Å². The zero-order valence-corrected chi connectivity index (χ0v) is 15.4. The fourth-order valence-electron chi connectivity index (χ4n) is 3.70. The number of nitrogens with zero attached hydrogens (tertiary/aromatic N) is 2. The Morgan fingerprint density at radius 3 is 2.60 bits per heavy atom. The van der Waals surface area contributed by atoms with Gasteiger partial charge in [-0.1, -0.05) is 18.2 Å². The molecule has 2 saturated heterocycles. The van der Waals surface area contributed by atoms with Gasteiger partial charge in [-0.05, 0) is 38.8 Å². The van der Waals surface area contributed by atoms with Crippen LogP contribution in [0.3, 0.4) is 0 Å². The molecule has 0 bridgehead atoms. The summed E-state index contributed by atoms with van der Waals surface area (Å²) in [4.78, 5) is 17.2. The Morgan fingerprint density at radius 2 is 1.92 bits per heavy atom. The molecular formula is C20H30N2O3. The van der Waals surface area contributed by atoms with Gasteiger partial charge in [0.15, 0.2) is 0 Å². The molecule has 3 rings (SSSR count). The molecule has 0 aliphatic carbocycles. The molecule has 2 aliphatic heterocycles. The lowest BCUT2D eigenvalue weighted by Crippen LogP contribution is -2.52. The first-order valence-electron chi connectivity index (χ1n) is 9.36. The minimum absolute atomic E-state index is 0.122. The number of benzene rings is 1. The summed E-state index contributed by atoms with van der Waals surface area (Å²) in [6, 6.07) is 9.91. The summed E-state index contributed by atoms with van der Waals surface area (Å²) in [6.45, 7) is 9.94. The van der Waals surface area contributed by atoms with Crippen molar-refractivity contribution in [1.29, 1.82) is 0 Å². The Labute approximate surface area is 150 Å². The highest BCUT2D eigenvalue weighted by atomic mass is 16.5. The zero-order chi connectivity index (χ0) is 17.7. The SMILES string of the molecule is CC1(C)C[C@@H](C(=O)N2CCN(CCOc3ccccc3)CC2)CCO1. The molecule has 5 nitrogen and oxygen atoms in total. The molecule has 1 aromatic carbocycles. The Bertz CT molecular complexity index is 553. The van der Waals surface area contributed by atoms with Gasteiger partial charge in [-0.2, -0.15) is 0 Å². The Hall–Kier alpha value is -1.59. The highest BCUT2D eigenvalue weighted by Crippen LogP contribution is 2.30. The molecule has 0 spiro atoms. The summed E-state index contributed by atoms with van der Waals surface area (Å²) >= 11 is 0. The van der Waals surface area contributed by atoms with Gasteiger partial charge in [-0.25, -0.2) is 0 Å². The van der Waals surface area contributed by atoms with Crippen LogP contribution in [0.1, 0.15) is 26.7 Å². The number of piperazine rings is 1. The first-order chi connectivity index (χ1) is 12.0. The Balaban J connectivity index is 1.39. The molecule has 1 aromatic rings. The van der Waals surface area contributed by atoms with Crippen molar-refractivity contribution in [2.24, 2.45) is 5.92 Å². The average Bonchev–Trinajstić information content (AvgIpc) is 2.62. The molecule has 0 radical (unpaired) electrons. The zero-order valence-electron chi connectivity index (χ0n) is 15.4. The Kier molecular flexibility index (Phi) is 5.97. The van der Waals surface area contributed by atoms with E-state index in [1.54, 1.807) is 0 Å². The van der Waals surface area contributed by atoms with E-state index in [-0.39, 0.29) is 11.5 Å². The number of amides is 1. The minimum Gasteiger partial charge on any atom is -0.492 e. The van der Waals surface area contributed by atoms with Crippen molar-refractivity contribution in [3.63, 3.8) is 0 Å². The van der Waals surface area contributed by atoms with Gasteiger partial charge >= 0.3 is 0 Å². The van der Waals surface area contributed by atoms with Gasteiger partial charge in [-0.15, -0.1) is 0 Å². The molecule has 0 saturated carbocycles. The van der Waals surface area contributed by atoms with E-state index >= 15 is 0 Å². The number of rotatable bonds is 5. The van der Waals surface area contributed by atoms with Gasteiger partial charge in [-0.3, -0.25) is 9.69 Å². The van der Waals surface area contributed by atoms with Gasteiger partial charge in [0.25, 0.3) is 0 Å². The number of hydrogen-bond donors (Lipinski definition) is 0. The molecule has 25 heavy (non-hydrogen) atoms. The van der Waals surface area contributed by atoms with Gasteiger partial charge < -0.3 is 14.4 Å². The number of carbonyl (C=O) groups excluding carboxylic acids is 1. The predicted octanol–water partition coefficient (Wildman–Crippen LogP) is 2.41. The first-order valence-corrected chi connectivity index (χ1v) is 9.36. The van der Waals surface area contributed by atoms with E-state index in [2.05, 4.69) is 18.7 Å². The summed E-state index contributed by atoms with van der Waals surface area (Å²) in [5, 5.41) is 0. The van der Waals surface area contributed by atoms with Crippen molar-refractivity contribution in [1.82, 2.24) is 9.80 Å². The fourth-order valence-corrected chi connectivity index (χ4v) is 3.70. The third kappa shape index (κ3) is 5.19. The fraction of sp³-hybridized carbons (Fsp3) is 0.650. The summed E-state index contributed by atoms with van der Waals surface area (Å²) in [7, 11) is 0. The normalized spacial score (nSPS) is 24.1. The van der Waals surface area contributed by atoms with Crippen LogP contribution in [0.2, 0.25) is 0 Å². The van der Waals surface area contributed by atoms with E-state index in [4.69, 9.17) is 9.47 Å². The molecular weight excluding hydrogens is 316 g/mol. The Morgan fingerprint density at radius 1 is 1.20 bits per heavy atom. The summed E-state index contributed by atoms with van der Waals surface area (Å²) < 4.78 is 11.5. The van der Waals surface area contributed by atoms with Crippen LogP contribution in [0.4, 0.5) is 0 Å². The van der Waals surface area contributed by atoms with Crippen LogP contribution in [0, 0.1) is 5.92 Å². The quantitative estimate of drug-likeness (QED) is 0.821. The van der Waals surface area contributed by atoms with Crippen molar-refractivity contribution >= 4 is 5.91 Å². The van der Waals surface area contributed by atoms with Crippen LogP contribution in [0.5, 0.6) is 5.75 Å². The highest BCUT2D eigenvalue weighted by molar-refractivity contribution is 5.79. The van der Waals surface area contributed by atoms with E-state index in [0.29, 0.717) is 19.1 Å². The summed E-state index contributed by atoms with van der Waals surface area (Å²) in [6.07, 6.45) is 1.68. The largest absolute Gasteiger partial charge is 0.492 e. The number of para-hydroxylation sites is 1. The molecule has 1 atom stereocenters. The van der Waals surface area contributed by atoms with E-state index in [1.807, 2.05) is 35.2 Å². The molecule has 5 heteroatoms. The molecule has 2 fully saturated rings. The standard InChI is InChI=1S/C20H30N2O3/c1-20(2)16-17(8-14-25-20)19(23)22-11-9-21(10-12-22)13-15-24-18-6-4-3-5-7-18/h3-7,17H,8-16H2,1-2H3/t17-/m0/s1. The third-order valence-electron chi connectivity index (χ3n) is 5.15. The van der Waals surface area contributed by atoms with Crippen molar-refractivity contribution in [3.8, 4) is 5.75 Å². The first kappa shape index (κ1) is 18.2. The number of hydrogen-bond acceptors (Lipinski definition) is 4. The number of ether oxygens (including phenoxy) is 2. The average molecular weight is 346 g/mol. The van der Waals surface area contributed by atoms with Crippen LogP contribution in [0.25, 0.3) is 0 Å². The van der Waals surface area contributed by atoms with E-state index < -0.39 is 0 Å².